The molecule has 0 saturated carbocycles. The van der Waals surface area contributed by atoms with Crippen LogP contribution in [0.15, 0.2) is 22.7 Å². The van der Waals surface area contributed by atoms with E-state index < -0.39 is 5.82 Å². The molecule has 1 saturated heterocycles. The number of anilines is 1. The van der Waals surface area contributed by atoms with Gasteiger partial charge >= 0.3 is 0 Å². The molecule has 1 aromatic heterocycles. The average molecular weight is 291 g/mol. The van der Waals surface area contributed by atoms with Gasteiger partial charge in [0, 0.05) is 25.3 Å². The van der Waals surface area contributed by atoms with Crippen LogP contribution in [0.4, 0.5) is 10.1 Å². The molecule has 21 heavy (non-hydrogen) atoms. The predicted molar refractivity (Wildman–Crippen MR) is 77.0 cm³/mol. The lowest BCUT2D eigenvalue weighted by Crippen LogP contribution is -2.45. The van der Waals surface area contributed by atoms with Crippen LogP contribution in [0.1, 0.15) is 11.9 Å². The Bertz CT molecular complexity index is 644. The maximum Gasteiger partial charge on any atom is 0.260 e. The largest absolute Gasteiger partial charge is 0.399 e. The van der Waals surface area contributed by atoms with E-state index in [0.717, 1.165) is 19.6 Å². The summed E-state index contributed by atoms with van der Waals surface area (Å²) in [6.45, 7) is 2.76. The van der Waals surface area contributed by atoms with Crippen LogP contribution < -0.4 is 5.73 Å². The minimum atomic E-state index is -0.459. The van der Waals surface area contributed by atoms with E-state index in [9.17, 15) is 4.39 Å². The smallest absolute Gasteiger partial charge is 0.260 e. The number of hydrogen-bond acceptors (Lipinski definition) is 6. The van der Waals surface area contributed by atoms with Gasteiger partial charge in [0.05, 0.1) is 11.6 Å². The summed E-state index contributed by atoms with van der Waals surface area (Å²) in [6.07, 6.45) is 0. The molecule has 3 rings (SSSR count). The van der Waals surface area contributed by atoms with Crippen molar-refractivity contribution in [2.75, 3.05) is 39.5 Å². The summed E-state index contributed by atoms with van der Waals surface area (Å²) in [6, 6.07) is 4.47. The van der Waals surface area contributed by atoms with Crippen LogP contribution in [0.25, 0.3) is 11.5 Å². The van der Waals surface area contributed by atoms with E-state index in [1.165, 1.54) is 6.07 Å². The molecule has 1 aliphatic rings. The van der Waals surface area contributed by atoms with E-state index >= 15 is 0 Å². The summed E-state index contributed by atoms with van der Waals surface area (Å²) in [4.78, 5) is 8.74. The average Bonchev–Trinajstić information content (AvgIpc) is 2.91. The molecule has 1 atom stereocenters. The van der Waals surface area contributed by atoms with Crippen molar-refractivity contribution in [3.8, 4) is 11.5 Å². The van der Waals surface area contributed by atoms with Crippen molar-refractivity contribution in [3.63, 3.8) is 0 Å². The van der Waals surface area contributed by atoms with Gasteiger partial charge in [0.1, 0.15) is 5.82 Å². The van der Waals surface area contributed by atoms with Crippen molar-refractivity contribution in [3.05, 3.63) is 29.8 Å². The second-order valence-electron chi connectivity index (χ2n) is 5.46. The molecule has 2 N–H and O–H groups in total. The van der Waals surface area contributed by atoms with E-state index in [-0.39, 0.29) is 17.5 Å². The zero-order chi connectivity index (χ0) is 15.0. The van der Waals surface area contributed by atoms with Gasteiger partial charge in [0.15, 0.2) is 5.82 Å². The summed E-state index contributed by atoms with van der Waals surface area (Å²) in [5, 5.41) is 4.01. The standard InChI is InChI=1S/C14H18FN5O/c1-19-5-6-20(2)12(8-19)13-17-14(21-18-13)10-4-3-9(16)7-11(10)15/h3-4,7,12H,5-6,8,16H2,1-2H3. The fourth-order valence-electron chi connectivity index (χ4n) is 2.47. The van der Waals surface area contributed by atoms with Crippen LogP contribution in [-0.4, -0.2) is 53.7 Å². The Hall–Kier alpha value is -1.99. The maximum atomic E-state index is 13.9. The van der Waals surface area contributed by atoms with Gasteiger partial charge in [-0.05, 0) is 32.3 Å². The molecule has 0 spiro atoms. The van der Waals surface area contributed by atoms with Crippen molar-refractivity contribution >= 4 is 5.69 Å². The lowest BCUT2D eigenvalue weighted by Gasteiger charge is -2.35. The Kier molecular flexibility index (Phi) is 3.60. The van der Waals surface area contributed by atoms with Crippen molar-refractivity contribution < 1.29 is 8.91 Å². The molecule has 112 valence electrons. The number of piperazine rings is 1. The van der Waals surface area contributed by atoms with Gasteiger partial charge in [-0.3, -0.25) is 4.90 Å². The molecule has 1 aliphatic heterocycles. The topological polar surface area (TPSA) is 71.4 Å². The van der Waals surface area contributed by atoms with Gasteiger partial charge in [-0.25, -0.2) is 4.39 Å². The first-order valence-corrected chi connectivity index (χ1v) is 6.82. The normalized spacial score (nSPS) is 20.8. The molecule has 7 heteroatoms. The fraction of sp³-hybridized carbons (Fsp3) is 0.429. The van der Waals surface area contributed by atoms with Gasteiger partial charge in [-0.15, -0.1) is 0 Å². The van der Waals surface area contributed by atoms with Gasteiger partial charge in [0.25, 0.3) is 5.89 Å². The summed E-state index contributed by atoms with van der Waals surface area (Å²) in [5.74, 6) is 0.304. The molecule has 0 radical (unpaired) electrons. The van der Waals surface area contributed by atoms with E-state index in [1.54, 1.807) is 12.1 Å². The quantitative estimate of drug-likeness (QED) is 0.843. The molecule has 2 aromatic rings. The molecule has 2 heterocycles. The van der Waals surface area contributed by atoms with E-state index in [0.29, 0.717) is 11.5 Å². The van der Waals surface area contributed by atoms with Crippen LogP contribution >= 0.6 is 0 Å². The molecular weight excluding hydrogens is 273 g/mol. The fourth-order valence-corrected chi connectivity index (χ4v) is 2.47. The summed E-state index contributed by atoms with van der Waals surface area (Å²) in [5.41, 5.74) is 6.18. The van der Waals surface area contributed by atoms with Gasteiger partial charge in [-0.1, -0.05) is 5.16 Å². The van der Waals surface area contributed by atoms with Gasteiger partial charge in [-0.2, -0.15) is 4.98 Å². The molecule has 1 fully saturated rings. The van der Waals surface area contributed by atoms with E-state index in [2.05, 4.69) is 27.0 Å². The lowest BCUT2D eigenvalue weighted by atomic mass is 10.1. The minimum Gasteiger partial charge on any atom is -0.399 e. The second kappa shape index (κ2) is 5.42. The zero-order valence-electron chi connectivity index (χ0n) is 12.1. The molecule has 0 aliphatic carbocycles. The Labute approximate surface area is 122 Å². The number of aromatic nitrogens is 2. The SMILES string of the molecule is CN1CCN(C)C(c2noc(-c3ccc(N)cc3F)n2)C1. The highest BCUT2D eigenvalue weighted by atomic mass is 19.1. The molecule has 0 bridgehead atoms. The number of nitrogens with two attached hydrogens (primary N) is 1. The van der Waals surface area contributed by atoms with Crippen molar-refractivity contribution in [2.45, 2.75) is 6.04 Å². The minimum absolute atomic E-state index is 0.0538. The van der Waals surface area contributed by atoms with Crippen LogP contribution in [0.2, 0.25) is 0 Å². The number of nitrogens with zero attached hydrogens (tertiary/aromatic N) is 4. The Morgan fingerprint density at radius 2 is 2.14 bits per heavy atom. The lowest BCUT2D eigenvalue weighted by molar-refractivity contribution is 0.108. The molecule has 0 amide bonds. The number of likely N-dealkylation sites (N-methyl/N-ethyl adjacent to an activating group) is 2. The van der Waals surface area contributed by atoms with Crippen LogP contribution in [0, 0.1) is 5.82 Å². The summed E-state index contributed by atoms with van der Waals surface area (Å²) in [7, 11) is 4.08. The molecular formula is C14H18FN5O. The molecule has 1 unspecified atom stereocenters. The van der Waals surface area contributed by atoms with Crippen LogP contribution in [0.3, 0.4) is 0 Å². The third-order valence-corrected chi connectivity index (χ3v) is 3.81. The first kappa shape index (κ1) is 14.0. The zero-order valence-corrected chi connectivity index (χ0v) is 12.1. The molecule has 1 aromatic carbocycles. The number of halogens is 1. The Morgan fingerprint density at radius 3 is 2.90 bits per heavy atom. The highest BCUT2D eigenvalue weighted by Crippen LogP contribution is 2.26. The Balaban J connectivity index is 1.89. The van der Waals surface area contributed by atoms with Gasteiger partial charge < -0.3 is 15.2 Å². The maximum absolute atomic E-state index is 13.9. The number of rotatable bonds is 2. The highest BCUT2D eigenvalue weighted by molar-refractivity contribution is 5.58. The monoisotopic (exact) mass is 291 g/mol. The molecule has 6 nitrogen and oxygen atoms in total. The van der Waals surface area contributed by atoms with E-state index in [4.69, 9.17) is 10.3 Å². The Morgan fingerprint density at radius 1 is 1.33 bits per heavy atom. The summed E-state index contributed by atoms with van der Waals surface area (Å²) < 4.78 is 19.1. The van der Waals surface area contributed by atoms with Crippen molar-refractivity contribution in [1.29, 1.82) is 0 Å². The highest BCUT2D eigenvalue weighted by Gasteiger charge is 2.28. The van der Waals surface area contributed by atoms with Crippen molar-refractivity contribution in [2.24, 2.45) is 0 Å². The van der Waals surface area contributed by atoms with Crippen molar-refractivity contribution in [1.82, 2.24) is 19.9 Å². The summed E-state index contributed by atoms with van der Waals surface area (Å²) >= 11 is 0. The second-order valence-corrected chi connectivity index (χ2v) is 5.46. The predicted octanol–water partition coefficient (Wildman–Crippen LogP) is 1.38. The third-order valence-electron chi connectivity index (χ3n) is 3.81. The van der Waals surface area contributed by atoms with Crippen LogP contribution in [0.5, 0.6) is 0 Å². The number of benzene rings is 1. The van der Waals surface area contributed by atoms with E-state index in [1.807, 2.05) is 7.05 Å². The third kappa shape index (κ3) is 2.74. The first-order chi connectivity index (χ1) is 10.0. The number of hydrogen-bond donors (Lipinski definition) is 1. The van der Waals surface area contributed by atoms with Crippen LogP contribution in [-0.2, 0) is 0 Å². The first-order valence-electron chi connectivity index (χ1n) is 6.82. The number of nitrogen functional groups attached to an aromatic ring is 1. The van der Waals surface area contributed by atoms with Gasteiger partial charge in [0.2, 0.25) is 0 Å².